The number of rotatable bonds is 10. The highest BCUT2D eigenvalue weighted by molar-refractivity contribution is 7.89. The first-order chi connectivity index (χ1) is 24.8. The Kier molecular flexibility index (Phi) is 10.5. The average molecular weight is 766 g/mol. The molecule has 2 N–H and O–H groups in total. The van der Waals surface area contributed by atoms with Gasteiger partial charge in [0.25, 0.3) is 5.92 Å². The van der Waals surface area contributed by atoms with E-state index in [0.717, 1.165) is 54.8 Å². The molecule has 3 aromatic rings. The van der Waals surface area contributed by atoms with E-state index >= 15 is 8.78 Å². The Morgan fingerprint density at radius 1 is 0.849 bits per heavy atom. The molecule has 1 atom stereocenters. The summed E-state index contributed by atoms with van der Waals surface area (Å²) >= 11 is 0. The first kappa shape index (κ1) is 38.7. The van der Waals surface area contributed by atoms with Crippen LogP contribution in [-0.2, 0) is 30.9 Å². The number of fused-ring (bicyclic) bond motifs is 1. The number of alkyl carbamates (subject to hydrolysis) is 1. The van der Waals surface area contributed by atoms with Gasteiger partial charge in [0.05, 0.1) is 16.4 Å². The van der Waals surface area contributed by atoms with E-state index in [-0.39, 0.29) is 55.3 Å². The smallest absolute Gasteiger partial charge is 0.407 e. The number of alkyl halides is 5. The molecular formula is C38H44F5N3O6S. The van der Waals surface area contributed by atoms with Gasteiger partial charge in [0, 0.05) is 24.7 Å². The second-order valence-corrected chi connectivity index (χ2v) is 17.0. The number of carbonyl (C=O) groups excluding carboxylic acids is 2. The Morgan fingerprint density at radius 3 is 2.04 bits per heavy atom. The topological polar surface area (TPSA) is 114 Å². The Hall–Kier alpha value is -3.98. The molecule has 53 heavy (non-hydrogen) atoms. The van der Waals surface area contributed by atoms with Gasteiger partial charge >= 0.3 is 12.3 Å². The van der Waals surface area contributed by atoms with E-state index in [1.807, 2.05) is 4.72 Å². The largest absolute Gasteiger partial charge is 0.490 e. The number of hydrogen-bond acceptors (Lipinski definition) is 6. The van der Waals surface area contributed by atoms with Gasteiger partial charge in [0.2, 0.25) is 15.9 Å². The zero-order chi connectivity index (χ0) is 38.4. The van der Waals surface area contributed by atoms with Gasteiger partial charge in [-0.15, -0.1) is 0 Å². The van der Waals surface area contributed by atoms with Crippen LogP contribution in [0.15, 0.2) is 65.6 Å². The molecule has 1 heterocycles. The van der Waals surface area contributed by atoms with Crippen LogP contribution >= 0.6 is 0 Å². The maximum Gasteiger partial charge on any atom is 0.407 e. The van der Waals surface area contributed by atoms with Gasteiger partial charge < -0.3 is 19.7 Å². The predicted octanol–water partition coefficient (Wildman–Crippen LogP) is 7.71. The predicted molar refractivity (Wildman–Crippen MR) is 187 cm³/mol. The summed E-state index contributed by atoms with van der Waals surface area (Å²) < 4.78 is 115. The zero-order valence-electron chi connectivity index (χ0n) is 29.8. The lowest BCUT2D eigenvalue weighted by Gasteiger charge is -2.36. The highest BCUT2D eigenvalue weighted by Crippen LogP contribution is 2.59. The van der Waals surface area contributed by atoms with Gasteiger partial charge in [0.15, 0.2) is 6.04 Å². The SMILES string of the molecule is CC(C)(C)OC(=O)NC1CCN(C(=O)C(NS(=O)(=O)c2ccc3cc(OC4CCCC4)ccc3c2)C(F)(F)c2ccc(C3(C(F)(F)F)CC3)cc2)CC1. The summed E-state index contributed by atoms with van der Waals surface area (Å²) in [4.78, 5) is 27.0. The fourth-order valence-corrected chi connectivity index (χ4v) is 8.31. The van der Waals surface area contributed by atoms with Crippen LogP contribution in [0.3, 0.4) is 0 Å². The summed E-state index contributed by atoms with van der Waals surface area (Å²) in [5, 5.41) is 3.86. The Bertz CT molecular complexity index is 1930. The van der Waals surface area contributed by atoms with E-state index in [1.54, 1.807) is 39.0 Å². The third-order valence-electron chi connectivity index (χ3n) is 10.2. The maximum atomic E-state index is 16.5. The van der Waals surface area contributed by atoms with Crippen LogP contribution < -0.4 is 14.8 Å². The average Bonchev–Trinajstić information content (AvgIpc) is 3.77. The molecule has 15 heteroatoms. The number of carbonyl (C=O) groups is 2. The molecule has 1 unspecified atom stereocenters. The van der Waals surface area contributed by atoms with Crippen molar-refractivity contribution in [3.8, 4) is 5.75 Å². The fourth-order valence-electron chi connectivity index (χ4n) is 7.08. The molecule has 9 nitrogen and oxygen atoms in total. The van der Waals surface area contributed by atoms with Crippen molar-refractivity contribution in [1.82, 2.24) is 14.9 Å². The van der Waals surface area contributed by atoms with Gasteiger partial charge in [0.1, 0.15) is 11.4 Å². The lowest BCUT2D eigenvalue weighted by atomic mass is 9.92. The second kappa shape index (κ2) is 14.3. The van der Waals surface area contributed by atoms with Crippen molar-refractivity contribution >= 4 is 32.8 Å². The number of piperidine rings is 1. The van der Waals surface area contributed by atoms with Crippen LogP contribution in [-0.4, -0.2) is 68.4 Å². The van der Waals surface area contributed by atoms with Gasteiger partial charge in [-0.05, 0) is 113 Å². The molecule has 2 amide bonds. The molecule has 0 bridgehead atoms. The van der Waals surface area contributed by atoms with E-state index in [0.29, 0.717) is 16.5 Å². The number of nitrogens with one attached hydrogen (secondary N) is 2. The van der Waals surface area contributed by atoms with Crippen molar-refractivity contribution in [2.75, 3.05) is 13.1 Å². The van der Waals surface area contributed by atoms with Crippen LogP contribution in [0.5, 0.6) is 5.75 Å². The molecule has 1 saturated heterocycles. The first-order valence-electron chi connectivity index (χ1n) is 17.8. The van der Waals surface area contributed by atoms with Crippen molar-refractivity contribution in [1.29, 1.82) is 0 Å². The molecule has 1 aliphatic heterocycles. The van der Waals surface area contributed by atoms with Crippen LogP contribution in [0.2, 0.25) is 0 Å². The normalized spacial score (nSPS) is 19.2. The number of halogens is 5. The van der Waals surface area contributed by atoms with E-state index in [1.165, 1.54) is 18.2 Å². The van der Waals surface area contributed by atoms with Crippen LogP contribution in [0.4, 0.5) is 26.7 Å². The molecule has 0 aromatic heterocycles. The molecule has 6 rings (SSSR count). The monoisotopic (exact) mass is 765 g/mol. The summed E-state index contributed by atoms with van der Waals surface area (Å²) in [5.41, 5.74) is -3.87. The zero-order valence-corrected chi connectivity index (χ0v) is 30.6. The molecule has 0 spiro atoms. The first-order valence-corrected chi connectivity index (χ1v) is 19.3. The Balaban J connectivity index is 1.25. The summed E-state index contributed by atoms with van der Waals surface area (Å²) in [6.45, 7) is 4.93. The molecule has 3 fully saturated rings. The van der Waals surface area contributed by atoms with Crippen molar-refractivity contribution in [2.24, 2.45) is 0 Å². The minimum Gasteiger partial charge on any atom is -0.490 e. The van der Waals surface area contributed by atoms with Gasteiger partial charge in [-0.3, -0.25) is 4.79 Å². The van der Waals surface area contributed by atoms with E-state index < -0.39 is 62.8 Å². The summed E-state index contributed by atoms with van der Waals surface area (Å²) in [6, 6.07) is 9.70. The molecular weight excluding hydrogens is 721 g/mol. The van der Waals surface area contributed by atoms with Gasteiger partial charge in [-0.25, -0.2) is 13.2 Å². The highest BCUT2D eigenvalue weighted by atomic mass is 32.2. The number of likely N-dealkylation sites (tertiary alicyclic amines) is 1. The van der Waals surface area contributed by atoms with Crippen molar-refractivity contribution < 1.29 is 49.4 Å². The number of amides is 2. The van der Waals surface area contributed by atoms with Gasteiger partial charge in [-0.2, -0.15) is 26.7 Å². The molecule has 3 aromatic carbocycles. The van der Waals surface area contributed by atoms with Crippen molar-refractivity contribution in [3.05, 3.63) is 71.8 Å². The van der Waals surface area contributed by atoms with E-state index in [4.69, 9.17) is 9.47 Å². The molecule has 0 radical (unpaired) electrons. The fraction of sp³-hybridized carbons (Fsp3) is 0.526. The number of ether oxygens (including phenoxy) is 2. The summed E-state index contributed by atoms with van der Waals surface area (Å²) in [7, 11) is -4.77. The number of sulfonamides is 1. The standard InChI is InChI=1S/C38H44F5N3O6S/c1-35(2,3)52-34(48)44-28-16-20-46(21-17-28)33(47)32(37(39,40)27-12-10-26(11-13-27)36(18-19-36)38(41,42)43)45-53(49,50)31-15-9-24-22-30(14-8-25(24)23-31)51-29-6-4-5-7-29/h8-15,22-23,28-29,32,45H,4-7,16-21H2,1-3H3,(H,44,48). The minimum absolute atomic E-state index is 0.0815. The number of hydrogen-bond donors (Lipinski definition) is 2. The van der Waals surface area contributed by atoms with Crippen molar-refractivity contribution in [2.45, 2.75) is 118 Å². The highest BCUT2D eigenvalue weighted by Gasteiger charge is 2.64. The summed E-state index contributed by atoms with van der Waals surface area (Å²) in [5.74, 6) is -4.78. The van der Waals surface area contributed by atoms with E-state index in [9.17, 15) is 31.2 Å². The van der Waals surface area contributed by atoms with Crippen LogP contribution in [0.25, 0.3) is 10.8 Å². The molecule has 2 aliphatic carbocycles. The van der Waals surface area contributed by atoms with Gasteiger partial charge in [-0.1, -0.05) is 36.4 Å². The quantitative estimate of drug-likeness (QED) is 0.205. The van der Waals surface area contributed by atoms with Crippen LogP contribution in [0, 0.1) is 0 Å². The third-order valence-corrected chi connectivity index (χ3v) is 11.6. The van der Waals surface area contributed by atoms with Crippen LogP contribution in [0.1, 0.15) is 83.3 Å². The molecule has 3 aliphatic rings. The number of nitrogens with zero attached hydrogens (tertiary/aromatic N) is 1. The minimum atomic E-state index is -4.77. The number of benzene rings is 3. The Labute approximate surface area is 305 Å². The Morgan fingerprint density at radius 2 is 1.45 bits per heavy atom. The van der Waals surface area contributed by atoms with E-state index in [2.05, 4.69) is 5.32 Å². The molecule has 2 saturated carbocycles. The third kappa shape index (κ3) is 8.56. The molecule has 288 valence electrons. The lowest BCUT2D eigenvalue weighted by Crippen LogP contribution is -2.58. The summed E-state index contributed by atoms with van der Waals surface area (Å²) in [6.07, 6.45) is -1.05. The second-order valence-electron chi connectivity index (χ2n) is 15.3. The maximum absolute atomic E-state index is 16.5. The van der Waals surface area contributed by atoms with Crippen molar-refractivity contribution in [3.63, 3.8) is 0 Å². The lowest BCUT2D eigenvalue weighted by molar-refractivity contribution is -0.160.